The summed E-state index contributed by atoms with van der Waals surface area (Å²) in [5, 5.41) is 10.1. The second kappa shape index (κ2) is 5.89. The lowest BCUT2D eigenvalue weighted by Gasteiger charge is -2.25. The molecule has 0 saturated heterocycles. The smallest absolute Gasteiger partial charge is 0.167 e. The van der Waals surface area contributed by atoms with Crippen molar-refractivity contribution < 1.29 is 9.84 Å². The Morgan fingerprint density at radius 1 is 1.45 bits per heavy atom. The van der Waals surface area contributed by atoms with Crippen molar-refractivity contribution in [1.82, 2.24) is 9.55 Å². The number of imidazole rings is 1. The van der Waals surface area contributed by atoms with E-state index in [1.165, 1.54) is 5.56 Å². The molecular weight excluding hydrogens is 272 g/mol. The molecule has 0 spiro atoms. The summed E-state index contributed by atoms with van der Waals surface area (Å²) in [4.78, 5) is 4.36. The number of fused-ring (bicyclic) bond motifs is 1. The average Bonchev–Trinajstić information content (AvgIpc) is 2.85. The molecule has 0 radical (unpaired) electrons. The number of para-hydroxylation sites is 1. The fourth-order valence-corrected chi connectivity index (χ4v) is 3.61. The zero-order chi connectivity index (χ0) is 13.9. The van der Waals surface area contributed by atoms with Crippen molar-refractivity contribution in [2.75, 3.05) is 12.4 Å². The van der Waals surface area contributed by atoms with Gasteiger partial charge in [-0.3, -0.25) is 0 Å². The molecule has 106 valence electrons. The molecule has 1 aliphatic heterocycles. The van der Waals surface area contributed by atoms with E-state index in [4.69, 9.17) is 4.74 Å². The van der Waals surface area contributed by atoms with Crippen LogP contribution >= 0.6 is 11.8 Å². The van der Waals surface area contributed by atoms with Gasteiger partial charge in [0.2, 0.25) is 0 Å². The number of benzene rings is 1. The van der Waals surface area contributed by atoms with E-state index in [0.717, 1.165) is 35.4 Å². The van der Waals surface area contributed by atoms with Crippen molar-refractivity contribution in [3.63, 3.8) is 0 Å². The fourth-order valence-electron chi connectivity index (χ4n) is 2.47. The molecule has 3 rings (SSSR count). The topological polar surface area (TPSA) is 47.3 Å². The van der Waals surface area contributed by atoms with Crippen LogP contribution < -0.4 is 4.74 Å². The summed E-state index contributed by atoms with van der Waals surface area (Å²) in [5.74, 6) is 2.50. The zero-order valence-corrected chi connectivity index (χ0v) is 12.3. The van der Waals surface area contributed by atoms with Crippen LogP contribution in [0.25, 0.3) is 0 Å². The first-order valence-corrected chi connectivity index (χ1v) is 7.74. The van der Waals surface area contributed by atoms with Gasteiger partial charge in [-0.05, 0) is 18.1 Å². The fraction of sp³-hybridized carbons (Fsp3) is 0.400. The van der Waals surface area contributed by atoms with Crippen LogP contribution in [0.3, 0.4) is 0 Å². The monoisotopic (exact) mass is 290 g/mol. The third kappa shape index (κ3) is 2.55. The predicted octanol–water partition coefficient (Wildman–Crippen LogP) is 2.57. The molecule has 0 saturated carbocycles. The van der Waals surface area contributed by atoms with Crippen molar-refractivity contribution >= 4 is 11.8 Å². The molecule has 1 N–H and O–H groups in total. The maximum absolute atomic E-state index is 9.19. The van der Waals surface area contributed by atoms with E-state index >= 15 is 0 Å². The highest BCUT2D eigenvalue weighted by Gasteiger charge is 2.21. The van der Waals surface area contributed by atoms with Crippen LogP contribution in [-0.2, 0) is 13.7 Å². The van der Waals surface area contributed by atoms with E-state index in [1.54, 1.807) is 18.0 Å². The molecule has 1 unspecified atom stereocenters. The minimum Gasteiger partial charge on any atom is -0.493 e. The summed E-state index contributed by atoms with van der Waals surface area (Å²) in [5.41, 5.74) is 2.14. The molecule has 20 heavy (non-hydrogen) atoms. The number of hydrogen-bond acceptors (Lipinski definition) is 4. The summed E-state index contributed by atoms with van der Waals surface area (Å²) < 4.78 is 7.64. The largest absolute Gasteiger partial charge is 0.493 e. The van der Waals surface area contributed by atoms with Crippen molar-refractivity contribution in [3.8, 4) is 5.75 Å². The van der Waals surface area contributed by atoms with Gasteiger partial charge in [-0.2, -0.15) is 0 Å². The lowest BCUT2D eigenvalue weighted by Crippen LogP contribution is -2.16. The number of rotatable bonds is 4. The molecule has 4 nitrogen and oxygen atoms in total. The third-order valence-corrected chi connectivity index (χ3v) is 4.91. The molecule has 2 aromatic rings. The van der Waals surface area contributed by atoms with Crippen molar-refractivity contribution in [3.05, 3.63) is 41.7 Å². The standard InChI is InChI=1S/C15H18N2O2S/c1-17-12(9-18)8-16-15(17)20-10-11-6-7-19-14-5-3-2-4-13(11)14/h2-5,8,11,18H,6-7,9-10H2,1H3. The Bertz CT molecular complexity index is 597. The molecule has 1 aromatic carbocycles. The van der Waals surface area contributed by atoms with E-state index in [0.29, 0.717) is 5.92 Å². The quantitative estimate of drug-likeness (QED) is 0.879. The summed E-state index contributed by atoms with van der Waals surface area (Å²) >= 11 is 1.74. The Morgan fingerprint density at radius 3 is 3.10 bits per heavy atom. The lowest BCUT2D eigenvalue weighted by molar-refractivity contribution is 0.271. The Kier molecular flexibility index (Phi) is 3.98. The van der Waals surface area contributed by atoms with Gasteiger partial charge in [0.1, 0.15) is 5.75 Å². The number of hydrogen-bond donors (Lipinski definition) is 1. The summed E-state index contributed by atoms with van der Waals surface area (Å²) in [6.45, 7) is 0.814. The summed E-state index contributed by atoms with van der Waals surface area (Å²) in [6.07, 6.45) is 2.78. The molecule has 0 bridgehead atoms. The van der Waals surface area contributed by atoms with E-state index < -0.39 is 0 Å². The van der Waals surface area contributed by atoms with E-state index in [-0.39, 0.29) is 6.61 Å². The number of ether oxygens (including phenoxy) is 1. The number of aliphatic hydroxyl groups excluding tert-OH is 1. The molecule has 1 aromatic heterocycles. The number of thioether (sulfide) groups is 1. The molecule has 1 aliphatic rings. The normalized spacial score (nSPS) is 17.6. The Morgan fingerprint density at radius 2 is 2.30 bits per heavy atom. The minimum absolute atomic E-state index is 0.0319. The van der Waals surface area contributed by atoms with E-state index in [9.17, 15) is 5.11 Å². The van der Waals surface area contributed by atoms with Crippen molar-refractivity contribution in [2.45, 2.75) is 24.1 Å². The van der Waals surface area contributed by atoms with Gasteiger partial charge in [0.05, 0.1) is 25.1 Å². The van der Waals surface area contributed by atoms with Gasteiger partial charge in [0.15, 0.2) is 5.16 Å². The highest BCUT2D eigenvalue weighted by molar-refractivity contribution is 7.99. The molecular formula is C15H18N2O2S. The SMILES string of the molecule is Cn1c(CO)cnc1SCC1CCOc2ccccc21. The predicted molar refractivity (Wildman–Crippen MR) is 79.1 cm³/mol. The number of aromatic nitrogens is 2. The molecule has 1 atom stereocenters. The highest BCUT2D eigenvalue weighted by atomic mass is 32.2. The van der Waals surface area contributed by atoms with Crippen LogP contribution in [0.2, 0.25) is 0 Å². The van der Waals surface area contributed by atoms with Gasteiger partial charge >= 0.3 is 0 Å². The van der Waals surface area contributed by atoms with Crippen LogP contribution in [0.1, 0.15) is 23.6 Å². The first-order chi connectivity index (χ1) is 9.79. The average molecular weight is 290 g/mol. The van der Waals surface area contributed by atoms with Gasteiger partial charge in [0, 0.05) is 18.7 Å². The van der Waals surface area contributed by atoms with Crippen LogP contribution in [0.5, 0.6) is 5.75 Å². The number of nitrogens with zero attached hydrogens (tertiary/aromatic N) is 2. The summed E-state index contributed by atoms with van der Waals surface area (Å²) in [7, 11) is 1.94. The maximum atomic E-state index is 9.19. The van der Waals surface area contributed by atoms with Gasteiger partial charge in [0.25, 0.3) is 0 Å². The first-order valence-electron chi connectivity index (χ1n) is 6.75. The van der Waals surface area contributed by atoms with Gasteiger partial charge in [-0.25, -0.2) is 4.98 Å². The Hall–Kier alpha value is -1.46. The maximum Gasteiger partial charge on any atom is 0.167 e. The van der Waals surface area contributed by atoms with Gasteiger partial charge < -0.3 is 14.4 Å². The van der Waals surface area contributed by atoms with Gasteiger partial charge in [-0.15, -0.1) is 0 Å². The highest BCUT2D eigenvalue weighted by Crippen LogP contribution is 2.36. The molecule has 2 heterocycles. The Balaban J connectivity index is 1.71. The summed E-state index contributed by atoms with van der Waals surface area (Å²) in [6, 6.07) is 8.27. The van der Waals surface area contributed by atoms with Crippen LogP contribution in [0.4, 0.5) is 0 Å². The minimum atomic E-state index is 0.0319. The van der Waals surface area contributed by atoms with Crippen LogP contribution in [0, 0.1) is 0 Å². The zero-order valence-electron chi connectivity index (χ0n) is 11.5. The lowest BCUT2D eigenvalue weighted by atomic mass is 9.95. The van der Waals surface area contributed by atoms with E-state index in [1.807, 2.05) is 23.7 Å². The number of aliphatic hydroxyl groups is 1. The van der Waals surface area contributed by atoms with E-state index in [2.05, 4.69) is 17.1 Å². The van der Waals surface area contributed by atoms with Gasteiger partial charge in [-0.1, -0.05) is 30.0 Å². The molecule has 0 aliphatic carbocycles. The van der Waals surface area contributed by atoms with Crippen molar-refractivity contribution in [2.24, 2.45) is 7.05 Å². The first kappa shape index (κ1) is 13.5. The molecule has 0 fully saturated rings. The molecule has 5 heteroatoms. The third-order valence-electron chi connectivity index (χ3n) is 3.70. The Labute approximate surface area is 122 Å². The second-order valence-electron chi connectivity index (χ2n) is 4.93. The molecule has 0 amide bonds. The van der Waals surface area contributed by atoms with Crippen LogP contribution in [0.15, 0.2) is 35.6 Å². The van der Waals surface area contributed by atoms with Crippen molar-refractivity contribution in [1.29, 1.82) is 0 Å². The van der Waals surface area contributed by atoms with Crippen LogP contribution in [-0.4, -0.2) is 27.0 Å². The second-order valence-corrected chi connectivity index (χ2v) is 5.92.